The SMILES string of the molecule is CN(c1ccccc1)[SH](C)(=O)c1cccc(S(=O)(=O)Nc2ccccc2)c1. The first kappa shape index (κ1) is 19.1. The topological polar surface area (TPSA) is 66.5 Å². The van der Waals surface area contributed by atoms with Crippen LogP contribution in [0.2, 0.25) is 0 Å². The van der Waals surface area contributed by atoms with Gasteiger partial charge in [-0.05, 0) is 52.6 Å². The van der Waals surface area contributed by atoms with Crippen molar-refractivity contribution < 1.29 is 12.6 Å². The fraction of sp³-hybridized carbons (Fsp3) is 0.100. The lowest BCUT2D eigenvalue weighted by molar-refractivity contribution is 0.601. The van der Waals surface area contributed by atoms with Crippen molar-refractivity contribution in [2.75, 3.05) is 22.3 Å². The van der Waals surface area contributed by atoms with Crippen molar-refractivity contribution in [3.8, 4) is 0 Å². The molecule has 0 aliphatic rings. The highest BCUT2D eigenvalue weighted by molar-refractivity contribution is 8.03. The first-order chi connectivity index (χ1) is 12.8. The van der Waals surface area contributed by atoms with Crippen molar-refractivity contribution in [1.29, 1.82) is 0 Å². The van der Waals surface area contributed by atoms with Crippen molar-refractivity contribution >= 4 is 31.5 Å². The fourth-order valence-corrected chi connectivity index (χ4v) is 5.52. The van der Waals surface area contributed by atoms with Crippen LogP contribution in [0.25, 0.3) is 0 Å². The number of nitrogens with zero attached hydrogens (tertiary/aromatic N) is 1. The summed E-state index contributed by atoms with van der Waals surface area (Å²) in [5, 5.41) is 0. The maximum absolute atomic E-state index is 13.5. The zero-order chi connectivity index (χ0) is 19.5. The largest absolute Gasteiger partial charge is 0.313 e. The molecule has 0 fully saturated rings. The molecule has 0 heterocycles. The molecule has 0 aliphatic heterocycles. The summed E-state index contributed by atoms with van der Waals surface area (Å²) in [5.74, 6) is 0. The quantitative estimate of drug-likeness (QED) is 0.620. The molecule has 0 atom stereocenters. The average molecular weight is 403 g/mol. The van der Waals surface area contributed by atoms with Crippen LogP contribution in [-0.4, -0.2) is 25.9 Å². The Labute approximate surface area is 161 Å². The molecule has 0 aromatic heterocycles. The van der Waals surface area contributed by atoms with Crippen LogP contribution in [0, 0.1) is 0 Å². The van der Waals surface area contributed by atoms with Gasteiger partial charge in [0.15, 0.2) is 0 Å². The number of benzene rings is 3. The number of hydrogen-bond acceptors (Lipinski definition) is 3. The van der Waals surface area contributed by atoms with E-state index in [0.29, 0.717) is 10.6 Å². The number of nitrogens with one attached hydrogen (secondary N) is 1. The standard InChI is InChI=1S/C20H22N2O3S2/c1-22(18-12-7-4-8-13-18)26(2,23)19-14-9-15-20(16-19)27(24,25)21-17-10-5-3-6-11-17/h3-16,21,26H,1-2H3. The van der Waals surface area contributed by atoms with Crippen LogP contribution in [0.5, 0.6) is 0 Å². The summed E-state index contributed by atoms with van der Waals surface area (Å²) in [5.41, 5.74) is 1.28. The first-order valence-electron chi connectivity index (χ1n) is 8.36. The molecule has 0 amide bonds. The van der Waals surface area contributed by atoms with Crippen molar-refractivity contribution in [2.24, 2.45) is 0 Å². The molecule has 27 heavy (non-hydrogen) atoms. The summed E-state index contributed by atoms with van der Waals surface area (Å²) in [4.78, 5) is 0.553. The van der Waals surface area contributed by atoms with Crippen LogP contribution in [-0.2, 0) is 20.1 Å². The minimum absolute atomic E-state index is 0.0763. The Morgan fingerprint density at radius 1 is 0.852 bits per heavy atom. The highest BCUT2D eigenvalue weighted by Gasteiger charge is 2.21. The number of thiol groups is 1. The third kappa shape index (κ3) is 4.20. The van der Waals surface area contributed by atoms with E-state index in [1.807, 2.05) is 36.4 Å². The predicted octanol–water partition coefficient (Wildman–Crippen LogP) is 3.54. The lowest BCUT2D eigenvalue weighted by atomic mass is 10.3. The van der Waals surface area contributed by atoms with Gasteiger partial charge in [-0.25, -0.2) is 8.42 Å². The van der Waals surface area contributed by atoms with Gasteiger partial charge in [0.05, 0.1) is 4.90 Å². The summed E-state index contributed by atoms with van der Waals surface area (Å²) >= 11 is 0. The van der Waals surface area contributed by atoms with Gasteiger partial charge in [-0.3, -0.25) is 8.93 Å². The second kappa shape index (κ2) is 7.54. The molecule has 142 valence electrons. The molecule has 0 aliphatic carbocycles. The molecule has 0 unspecified atom stereocenters. The van der Waals surface area contributed by atoms with E-state index in [0.717, 1.165) is 5.69 Å². The number of hydrogen-bond donors (Lipinski definition) is 2. The molecule has 7 heteroatoms. The highest BCUT2D eigenvalue weighted by Crippen LogP contribution is 2.28. The Morgan fingerprint density at radius 2 is 1.44 bits per heavy atom. The van der Waals surface area contributed by atoms with Crippen LogP contribution in [0.4, 0.5) is 11.4 Å². The maximum Gasteiger partial charge on any atom is 0.261 e. The lowest BCUT2D eigenvalue weighted by Crippen LogP contribution is -2.32. The Hall–Kier alpha value is -2.64. The number of rotatable bonds is 6. The Morgan fingerprint density at radius 3 is 2.07 bits per heavy atom. The minimum Gasteiger partial charge on any atom is -0.313 e. The Balaban J connectivity index is 1.94. The van der Waals surface area contributed by atoms with Gasteiger partial charge in [0, 0.05) is 29.6 Å². The first-order valence-corrected chi connectivity index (χ1v) is 11.9. The average Bonchev–Trinajstić information content (AvgIpc) is 2.68. The van der Waals surface area contributed by atoms with Gasteiger partial charge < -0.3 is 4.31 Å². The van der Waals surface area contributed by atoms with E-state index in [1.54, 1.807) is 54.0 Å². The molecular weight excluding hydrogens is 380 g/mol. The Bertz CT molecular complexity index is 1070. The summed E-state index contributed by atoms with van der Waals surface area (Å²) in [6.07, 6.45) is 1.64. The zero-order valence-corrected chi connectivity index (χ0v) is 16.8. The molecule has 3 aromatic carbocycles. The minimum atomic E-state index is -3.78. The monoisotopic (exact) mass is 402 g/mol. The van der Waals surface area contributed by atoms with E-state index in [4.69, 9.17) is 0 Å². The van der Waals surface area contributed by atoms with Gasteiger partial charge >= 0.3 is 0 Å². The molecule has 0 radical (unpaired) electrons. The molecule has 1 N–H and O–H groups in total. The van der Waals surface area contributed by atoms with Crippen molar-refractivity contribution in [2.45, 2.75) is 9.79 Å². The number of anilines is 2. The van der Waals surface area contributed by atoms with Crippen molar-refractivity contribution in [3.63, 3.8) is 0 Å². The molecule has 0 saturated carbocycles. The van der Waals surface area contributed by atoms with Crippen LogP contribution in [0.1, 0.15) is 0 Å². The van der Waals surface area contributed by atoms with Gasteiger partial charge in [-0.15, -0.1) is 0 Å². The number of sulfonamides is 1. The van der Waals surface area contributed by atoms with E-state index in [2.05, 4.69) is 4.72 Å². The van der Waals surface area contributed by atoms with Crippen LogP contribution in [0.15, 0.2) is 94.7 Å². The van der Waals surface area contributed by atoms with Gasteiger partial charge in [-0.1, -0.05) is 42.5 Å². The van der Waals surface area contributed by atoms with Crippen molar-refractivity contribution in [3.05, 3.63) is 84.9 Å². The third-order valence-corrected chi connectivity index (χ3v) is 8.33. The smallest absolute Gasteiger partial charge is 0.261 e. The molecular formula is C20H22N2O3S2. The molecule has 0 bridgehead atoms. The summed E-state index contributed by atoms with van der Waals surface area (Å²) in [6, 6.07) is 24.3. The van der Waals surface area contributed by atoms with E-state index in [1.165, 1.54) is 12.1 Å². The summed E-state index contributed by atoms with van der Waals surface area (Å²) in [6.45, 7) is 0. The molecule has 0 spiro atoms. The van der Waals surface area contributed by atoms with Gasteiger partial charge in [0.25, 0.3) is 10.0 Å². The molecule has 3 aromatic rings. The second-order valence-electron chi connectivity index (χ2n) is 6.21. The molecule has 0 saturated heterocycles. The van der Waals surface area contributed by atoms with E-state index >= 15 is 0 Å². The van der Waals surface area contributed by atoms with Gasteiger partial charge in [0.2, 0.25) is 0 Å². The van der Waals surface area contributed by atoms with Crippen LogP contribution in [0.3, 0.4) is 0 Å². The Kier molecular flexibility index (Phi) is 5.34. The van der Waals surface area contributed by atoms with E-state index < -0.39 is 20.1 Å². The summed E-state index contributed by atoms with van der Waals surface area (Å²) in [7, 11) is -5.02. The normalized spacial score (nSPS) is 12.4. The second-order valence-corrected chi connectivity index (χ2v) is 10.8. The summed E-state index contributed by atoms with van der Waals surface area (Å²) < 4.78 is 43.1. The highest BCUT2D eigenvalue weighted by atomic mass is 32.3. The van der Waals surface area contributed by atoms with Crippen LogP contribution < -0.4 is 9.03 Å². The zero-order valence-electron chi connectivity index (χ0n) is 15.1. The third-order valence-electron chi connectivity index (χ3n) is 4.34. The van der Waals surface area contributed by atoms with E-state index in [9.17, 15) is 12.6 Å². The predicted molar refractivity (Wildman–Crippen MR) is 112 cm³/mol. The maximum atomic E-state index is 13.5. The van der Waals surface area contributed by atoms with Gasteiger partial charge in [0.1, 0.15) is 0 Å². The molecule has 3 rings (SSSR count). The van der Waals surface area contributed by atoms with E-state index in [-0.39, 0.29) is 4.90 Å². The fourth-order valence-electron chi connectivity index (χ4n) is 2.67. The molecule has 5 nitrogen and oxygen atoms in total. The lowest BCUT2D eigenvalue weighted by Gasteiger charge is -2.32. The van der Waals surface area contributed by atoms with Crippen LogP contribution >= 0.6 is 0 Å². The van der Waals surface area contributed by atoms with Crippen molar-refractivity contribution in [1.82, 2.24) is 0 Å². The number of para-hydroxylation sites is 2. The van der Waals surface area contributed by atoms with Gasteiger partial charge in [-0.2, -0.15) is 0 Å².